The standard InChI is InChI=1S/C14H16O3/c15-9-11-4-3-7-13(8-11)17-10-14(16)12-5-1-2-6-12/h3-4,7-9,12H,1-2,5-6,10H2. The van der Waals surface area contributed by atoms with Crippen molar-refractivity contribution in [2.75, 3.05) is 6.61 Å². The van der Waals surface area contributed by atoms with Crippen molar-refractivity contribution in [3.63, 3.8) is 0 Å². The van der Waals surface area contributed by atoms with E-state index in [9.17, 15) is 9.59 Å². The van der Waals surface area contributed by atoms with Crippen LogP contribution in [-0.4, -0.2) is 18.7 Å². The number of ether oxygens (including phenoxy) is 1. The van der Waals surface area contributed by atoms with Gasteiger partial charge in [-0.1, -0.05) is 25.0 Å². The van der Waals surface area contributed by atoms with Crippen LogP contribution in [0.5, 0.6) is 5.75 Å². The third-order valence-corrected chi connectivity index (χ3v) is 3.19. The molecule has 1 aromatic carbocycles. The van der Waals surface area contributed by atoms with Crippen LogP contribution < -0.4 is 4.74 Å². The molecule has 3 heteroatoms. The van der Waals surface area contributed by atoms with Crippen LogP contribution in [0.1, 0.15) is 36.0 Å². The van der Waals surface area contributed by atoms with Crippen LogP contribution in [0.3, 0.4) is 0 Å². The minimum atomic E-state index is 0.118. The molecular weight excluding hydrogens is 216 g/mol. The SMILES string of the molecule is O=Cc1cccc(OCC(=O)C2CCCC2)c1. The van der Waals surface area contributed by atoms with E-state index in [1.165, 1.54) is 0 Å². The fourth-order valence-corrected chi connectivity index (χ4v) is 2.20. The average Bonchev–Trinajstić information content (AvgIpc) is 2.90. The van der Waals surface area contributed by atoms with Gasteiger partial charge in [0.25, 0.3) is 0 Å². The lowest BCUT2D eigenvalue weighted by atomic mass is 10.0. The van der Waals surface area contributed by atoms with E-state index < -0.39 is 0 Å². The van der Waals surface area contributed by atoms with E-state index in [1.54, 1.807) is 24.3 Å². The predicted molar refractivity (Wildman–Crippen MR) is 64.3 cm³/mol. The highest BCUT2D eigenvalue weighted by molar-refractivity contribution is 5.82. The first-order valence-corrected chi connectivity index (χ1v) is 6.00. The molecule has 90 valence electrons. The highest BCUT2D eigenvalue weighted by Crippen LogP contribution is 2.25. The zero-order chi connectivity index (χ0) is 12.1. The lowest BCUT2D eigenvalue weighted by Crippen LogP contribution is -2.19. The lowest BCUT2D eigenvalue weighted by Gasteiger charge is -2.09. The quantitative estimate of drug-likeness (QED) is 0.733. The van der Waals surface area contributed by atoms with Crippen molar-refractivity contribution in [2.24, 2.45) is 5.92 Å². The molecule has 17 heavy (non-hydrogen) atoms. The Balaban J connectivity index is 1.88. The van der Waals surface area contributed by atoms with Gasteiger partial charge in [0.15, 0.2) is 5.78 Å². The number of carbonyl (C=O) groups excluding carboxylic acids is 2. The topological polar surface area (TPSA) is 43.4 Å². The highest BCUT2D eigenvalue weighted by atomic mass is 16.5. The molecule has 1 fully saturated rings. The van der Waals surface area contributed by atoms with Crippen LogP contribution in [0.15, 0.2) is 24.3 Å². The van der Waals surface area contributed by atoms with Crippen LogP contribution in [0.25, 0.3) is 0 Å². The van der Waals surface area contributed by atoms with E-state index in [-0.39, 0.29) is 18.3 Å². The summed E-state index contributed by atoms with van der Waals surface area (Å²) < 4.78 is 5.41. The molecule has 0 N–H and O–H groups in total. The Hall–Kier alpha value is -1.64. The Morgan fingerprint density at radius 2 is 2.12 bits per heavy atom. The van der Waals surface area contributed by atoms with Crippen molar-refractivity contribution < 1.29 is 14.3 Å². The normalized spacial score (nSPS) is 15.8. The maximum Gasteiger partial charge on any atom is 0.173 e. The van der Waals surface area contributed by atoms with Gasteiger partial charge in [0.1, 0.15) is 18.6 Å². The van der Waals surface area contributed by atoms with E-state index in [1.807, 2.05) is 0 Å². The average molecular weight is 232 g/mol. The molecule has 0 spiro atoms. The second-order valence-electron chi connectivity index (χ2n) is 4.43. The van der Waals surface area contributed by atoms with Gasteiger partial charge in [0.05, 0.1) is 0 Å². The Kier molecular flexibility index (Phi) is 3.91. The van der Waals surface area contributed by atoms with E-state index in [4.69, 9.17) is 4.74 Å². The van der Waals surface area contributed by atoms with Crippen molar-refractivity contribution in [1.29, 1.82) is 0 Å². The lowest BCUT2D eigenvalue weighted by molar-refractivity contribution is -0.124. The summed E-state index contributed by atoms with van der Waals surface area (Å²) in [7, 11) is 0. The van der Waals surface area contributed by atoms with Gasteiger partial charge in [-0.3, -0.25) is 9.59 Å². The molecule has 0 atom stereocenters. The summed E-state index contributed by atoms with van der Waals surface area (Å²) in [6, 6.07) is 6.86. The maximum atomic E-state index is 11.8. The van der Waals surface area contributed by atoms with E-state index >= 15 is 0 Å². The van der Waals surface area contributed by atoms with Gasteiger partial charge in [-0.05, 0) is 25.0 Å². The van der Waals surface area contributed by atoms with Crippen LogP contribution in [-0.2, 0) is 4.79 Å². The van der Waals surface area contributed by atoms with Gasteiger partial charge in [-0.25, -0.2) is 0 Å². The van der Waals surface area contributed by atoms with Gasteiger partial charge in [0.2, 0.25) is 0 Å². The fourth-order valence-electron chi connectivity index (χ4n) is 2.20. The molecule has 1 saturated carbocycles. The number of carbonyl (C=O) groups is 2. The second kappa shape index (κ2) is 5.62. The second-order valence-corrected chi connectivity index (χ2v) is 4.43. The molecule has 1 aliphatic carbocycles. The van der Waals surface area contributed by atoms with E-state index in [0.29, 0.717) is 11.3 Å². The smallest absolute Gasteiger partial charge is 0.173 e. The molecule has 0 unspecified atom stereocenters. The molecule has 0 aliphatic heterocycles. The first-order chi connectivity index (χ1) is 8.29. The molecule has 1 aliphatic rings. The van der Waals surface area contributed by atoms with Crippen LogP contribution >= 0.6 is 0 Å². The zero-order valence-electron chi connectivity index (χ0n) is 9.72. The summed E-state index contributed by atoms with van der Waals surface area (Å²) in [5.74, 6) is 0.948. The summed E-state index contributed by atoms with van der Waals surface area (Å²) >= 11 is 0. The number of ketones is 1. The Morgan fingerprint density at radius 1 is 1.35 bits per heavy atom. The number of aldehydes is 1. The molecule has 3 nitrogen and oxygen atoms in total. The molecule has 0 bridgehead atoms. The largest absolute Gasteiger partial charge is 0.486 e. The number of hydrogen-bond acceptors (Lipinski definition) is 3. The monoisotopic (exact) mass is 232 g/mol. The summed E-state index contributed by atoms with van der Waals surface area (Å²) in [6.45, 7) is 0.118. The van der Waals surface area contributed by atoms with E-state index in [0.717, 1.165) is 32.0 Å². The Labute approximate surface area is 101 Å². The number of rotatable bonds is 5. The van der Waals surface area contributed by atoms with Crippen molar-refractivity contribution in [1.82, 2.24) is 0 Å². The molecule has 2 rings (SSSR count). The van der Waals surface area contributed by atoms with Crippen LogP contribution in [0.4, 0.5) is 0 Å². The summed E-state index contributed by atoms with van der Waals surface area (Å²) in [6.07, 6.45) is 5.06. The molecule has 1 aromatic rings. The summed E-state index contributed by atoms with van der Waals surface area (Å²) in [5, 5.41) is 0. The molecule has 0 amide bonds. The minimum Gasteiger partial charge on any atom is -0.486 e. The Bertz CT molecular complexity index is 406. The van der Waals surface area contributed by atoms with Gasteiger partial charge in [0, 0.05) is 11.5 Å². The fraction of sp³-hybridized carbons (Fsp3) is 0.429. The highest BCUT2D eigenvalue weighted by Gasteiger charge is 2.22. The van der Waals surface area contributed by atoms with E-state index in [2.05, 4.69) is 0 Å². The Morgan fingerprint density at radius 3 is 2.82 bits per heavy atom. The van der Waals surface area contributed by atoms with Crippen molar-refractivity contribution in [3.05, 3.63) is 29.8 Å². The zero-order valence-corrected chi connectivity index (χ0v) is 9.72. The number of hydrogen-bond donors (Lipinski definition) is 0. The number of Topliss-reactive ketones (excluding diaryl/α,β-unsaturated/α-hetero) is 1. The third-order valence-electron chi connectivity index (χ3n) is 3.19. The minimum absolute atomic E-state index is 0.118. The first kappa shape index (κ1) is 11.8. The van der Waals surface area contributed by atoms with Gasteiger partial charge in [-0.15, -0.1) is 0 Å². The molecular formula is C14H16O3. The molecule has 0 radical (unpaired) electrons. The number of benzene rings is 1. The van der Waals surface area contributed by atoms with Gasteiger partial charge < -0.3 is 4.74 Å². The third kappa shape index (κ3) is 3.16. The van der Waals surface area contributed by atoms with Crippen molar-refractivity contribution >= 4 is 12.1 Å². The molecule has 0 saturated heterocycles. The summed E-state index contributed by atoms with van der Waals surface area (Å²) in [5.41, 5.74) is 0.566. The van der Waals surface area contributed by atoms with Gasteiger partial charge >= 0.3 is 0 Å². The first-order valence-electron chi connectivity index (χ1n) is 6.00. The summed E-state index contributed by atoms with van der Waals surface area (Å²) in [4.78, 5) is 22.4. The molecule has 0 aromatic heterocycles. The molecule has 0 heterocycles. The maximum absolute atomic E-state index is 11.8. The van der Waals surface area contributed by atoms with Crippen molar-refractivity contribution in [2.45, 2.75) is 25.7 Å². The van der Waals surface area contributed by atoms with Crippen molar-refractivity contribution in [3.8, 4) is 5.75 Å². The van der Waals surface area contributed by atoms with Gasteiger partial charge in [-0.2, -0.15) is 0 Å². The van der Waals surface area contributed by atoms with Crippen LogP contribution in [0.2, 0.25) is 0 Å². The van der Waals surface area contributed by atoms with Crippen LogP contribution in [0, 0.1) is 5.92 Å². The predicted octanol–water partition coefficient (Wildman–Crippen LogP) is 2.64.